The van der Waals surface area contributed by atoms with Crippen molar-refractivity contribution < 1.29 is 23.1 Å². The Hall–Kier alpha value is -2.44. The highest BCUT2D eigenvalue weighted by atomic mass is 35.5. The number of aromatic nitrogens is 2. The van der Waals surface area contributed by atoms with Crippen LogP contribution in [0.1, 0.15) is 21.6 Å². The molecule has 2 rings (SSSR count). The Kier molecular flexibility index (Phi) is 4.15. The lowest BCUT2D eigenvalue weighted by molar-refractivity contribution is -0.137. The monoisotopic (exact) mass is 364 g/mol. The number of carbonyl (C=O) groups is 1. The van der Waals surface area contributed by atoms with Gasteiger partial charge in [-0.05, 0) is 12.1 Å². The quantitative estimate of drug-likeness (QED) is 0.849. The minimum atomic E-state index is -4.68. The van der Waals surface area contributed by atoms with Crippen molar-refractivity contribution in [3.8, 4) is 11.8 Å². The summed E-state index contributed by atoms with van der Waals surface area (Å²) in [5.41, 5.74) is 3.12. The van der Waals surface area contributed by atoms with Crippen molar-refractivity contribution in [2.75, 3.05) is 5.73 Å². The third-order valence-electron chi connectivity index (χ3n) is 2.80. The maximum absolute atomic E-state index is 12.7. The Morgan fingerprint density at radius 3 is 2.22 bits per heavy atom. The molecule has 120 valence electrons. The molecule has 0 radical (unpaired) electrons. The van der Waals surface area contributed by atoms with E-state index >= 15 is 0 Å². The van der Waals surface area contributed by atoms with E-state index in [1.807, 2.05) is 0 Å². The summed E-state index contributed by atoms with van der Waals surface area (Å²) in [6.07, 6.45) is -4.68. The summed E-state index contributed by atoms with van der Waals surface area (Å²) in [4.78, 5) is 11.1. The van der Waals surface area contributed by atoms with Crippen LogP contribution in [0.3, 0.4) is 0 Å². The topological polar surface area (TPSA) is 105 Å². The predicted octanol–water partition coefficient (Wildman–Crippen LogP) is 3.35. The van der Waals surface area contributed by atoms with Crippen molar-refractivity contribution >= 4 is 35.0 Å². The van der Waals surface area contributed by atoms with E-state index in [1.54, 1.807) is 0 Å². The highest BCUT2D eigenvalue weighted by Gasteiger charge is 2.33. The average Bonchev–Trinajstić information content (AvgIpc) is 2.74. The van der Waals surface area contributed by atoms with Crippen LogP contribution in [0.4, 0.5) is 19.0 Å². The van der Waals surface area contributed by atoms with Crippen LogP contribution in [0, 0.1) is 11.3 Å². The summed E-state index contributed by atoms with van der Waals surface area (Å²) >= 11 is 11.6. The van der Waals surface area contributed by atoms with E-state index in [4.69, 9.17) is 39.3 Å². The van der Waals surface area contributed by atoms with E-state index in [0.29, 0.717) is 16.8 Å². The normalized spacial score (nSPS) is 11.3. The van der Waals surface area contributed by atoms with E-state index in [0.717, 1.165) is 0 Å². The molecule has 0 fully saturated rings. The number of aromatic carboxylic acids is 1. The summed E-state index contributed by atoms with van der Waals surface area (Å²) < 4.78 is 38.8. The number of nitrogen functional groups attached to an aromatic ring is 1. The summed E-state index contributed by atoms with van der Waals surface area (Å²) in [6.45, 7) is 0. The van der Waals surface area contributed by atoms with Gasteiger partial charge in [-0.1, -0.05) is 23.2 Å². The molecular weight excluding hydrogens is 360 g/mol. The van der Waals surface area contributed by atoms with Gasteiger partial charge in [0.2, 0.25) is 0 Å². The molecule has 0 saturated carbocycles. The van der Waals surface area contributed by atoms with Gasteiger partial charge in [-0.15, -0.1) is 0 Å². The molecule has 1 aromatic carbocycles. The predicted molar refractivity (Wildman–Crippen MR) is 74.7 cm³/mol. The van der Waals surface area contributed by atoms with E-state index in [1.165, 1.54) is 6.07 Å². The zero-order valence-corrected chi connectivity index (χ0v) is 12.3. The maximum Gasteiger partial charge on any atom is 0.416 e. The van der Waals surface area contributed by atoms with E-state index in [9.17, 15) is 18.0 Å². The summed E-state index contributed by atoms with van der Waals surface area (Å²) in [7, 11) is 0. The lowest BCUT2D eigenvalue weighted by Crippen LogP contribution is -2.09. The van der Waals surface area contributed by atoms with Crippen LogP contribution in [0.15, 0.2) is 12.1 Å². The van der Waals surface area contributed by atoms with Crippen LogP contribution >= 0.6 is 23.2 Å². The highest BCUT2D eigenvalue weighted by Crippen LogP contribution is 2.38. The molecule has 1 heterocycles. The molecule has 0 bridgehead atoms. The second-order valence-corrected chi connectivity index (χ2v) is 5.04. The summed E-state index contributed by atoms with van der Waals surface area (Å²) in [6, 6.07) is 2.71. The first-order valence-electron chi connectivity index (χ1n) is 5.66. The van der Waals surface area contributed by atoms with Crippen LogP contribution in [0.2, 0.25) is 10.0 Å². The second-order valence-electron chi connectivity index (χ2n) is 4.22. The fraction of sp³-hybridized carbons (Fsp3) is 0.0833. The molecule has 0 aliphatic carbocycles. The zero-order chi connectivity index (χ0) is 17.5. The molecule has 2 aromatic rings. The van der Waals surface area contributed by atoms with Gasteiger partial charge in [0, 0.05) is 0 Å². The van der Waals surface area contributed by atoms with Crippen molar-refractivity contribution in [1.82, 2.24) is 9.78 Å². The number of nitrogens with zero attached hydrogens (tertiary/aromatic N) is 3. The van der Waals surface area contributed by atoms with Gasteiger partial charge in [-0.3, -0.25) is 0 Å². The van der Waals surface area contributed by atoms with Gasteiger partial charge < -0.3 is 10.8 Å². The SMILES string of the molecule is N#Cc1nn(-c2c(Cl)cc(C(F)(F)F)cc2Cl)c(N)c1C(=O)O. The number of hydrogen-bond donors (Lipinski definition) is 2. The Morgan fingerprint density at radius 2 is 1.87 bits per heavy atom. The van der Waals surface area contributed by atoms with Gasteiger partial charge in [-0.25, -0.2) is 9.48 Å². The zero-order valence-electron chi connectivity index (χ0n) is 10.8. The van der Waals surface area contributed by atoms with Crippen molar-refractivity contribution in [3.63, 3.8) is 0 Å². The molecule has 11 heteroatoms. The van der Waals surface area contributed by atoms with Gasteiger partial charge >= 0.3 is 12.1 Å². The Labute approximate surface area is 136 Å². The third-order valence-corrected chi connectivity index (χ3v) is 3.37. The molecule has 0 atom stereocenters. The number of rotatable bonds is 2. The fourth-order valence-electron chi connectivity index (χ4n) is 1.82. The number of anilines is 1. The van der Waals surface area contributed by atoms with E-state index in [-0.39, 0.29) is 5.69 Å². The van der Waals surface area contributed by atoms with Gasteiger partial charge in [0.05, 0.1) is 15.6 Å². The van der Waals surface area contributed by atoms with Gasteiger partial charge in [0.1, 0.15) is 23.1 Å². The molecule has 0 aliphatic rings. The number of benzene rings is 1. The second kappa shape index (κ2) is 5.64. The Bertz CT molecular complexity index is 832. The van der Waals surface area contributed by atoms with E-state index in [2.05, 4.69) is 5.10 Å². The maximum atomic E-state index is 12.7. The lowest BCUT2D eigenvalue weighted by Gasteiger charge is -2.13. The van der Waals surface area contributed by atoms with Gasteiger partial charge in [-0.2, -0.15) is 23.5 Å². The lowest BCUT2D eigenvalue weighted by atomic mass is 10.2. The molecule has 0 saturated heterocycles. The molecule has 0 amide bonds. The summed E-state index contributed by atoms with van der Waals surface area (Å²) in [5, 5.41) is 20.6. The molecule has 0 unspecified atom stereocenters. The first-order chi connectivity index (χ1) is 10.6. The molecule has 0 aliphatic heterocycles. The van der Waals surface area contributed by atoms with Crippen molar-refractivity contribution in [2.24, 2.45) is 0 Å². The van der Waals surface area contributed by atoms with Crippen LogP contribution in [0.25, 0.3) is 5.69 Å². The van der Waals surface area contributed by atoms with Crippen LogP contribution in [-0.4, -0.2) is 20.9 Å². The smallest absolute Gasteiger partial charge is 0.416 e. The molecular formula is C12H5Cl2F3N4O2. The Morgan fingerprint density at radius 1 is 1.35 bits per heavy atom. The first kappa shape index (κ1) is 16.9. The number of carboxylic acid groups (broad SMARTS) is 1. The minimum absolute atomic E-state index is 0.261. The van der Waals surface area contributed by atoms with Crippen molar-refractivity contribution in [3.05, 3.63) is 39.0 Å². The number of carboxylic acids is 1. The van der Waals surface area contributed by atoms with Gasteiger partial charge in [0.15, 0.2) is 5.69 Å². The third kappa shape index (κ3) is 2.91. The molecule has 3 N–H and O–H groups in total. The molecule has 6 nitrogen and oxygen atoms in total. The van der Waals surface area contributed by atoms with Crippen molar-refractivity contribution in [2.45, 2.75) is 6.18 Å². The van der Waals surface area contributed by atoms with Crippen LogP contribution in [-0.2, 0) is 6.18 Å². The molecule has 0 spiro atoms. The number of nitriles is 1. The number of halogens is 5. The van der Waals surface area contributed by atoms with Crippen molar-refractivity contribution in [1.29, 1.82) is 5.26 Å². The number of nitrogens with two attached hydrogens (primary N) is 1. The van der Waals surface area contributed by atoms with Crippen LogP contribution < -0.4 is 5.73 Å². The fourth-order valence-corrected chi connectivity index (χ4v) is 2.47. The van der Waals surface area contributed by atoms with Gasteiger partial charge in [0.25, 0.3) is 0 Å². The average molecular weight is 365 g/mol. The molecule has 23 heavy (non-hydrogen) atoms. The highest BCUT2D eigenvalue weighted by molar-refractivity contribution is 6.38. The largest absolute Gasteiger partial charge is 0.477 e. The van der Waals surface area contributed by atoms with E-state index < -0.39 is 44.8 Å². The van der Waals surface area contributed by atoms with Crippen LogP contribution in [0.5, 0.6) is 0 Å². The standard InChI is InChI=1S/C12H5Cl2F3N4O2/c13-5-1-4(12(15,16)17)2-6(14)9(5)21-10(19)8(11(22)23)7(3-18)20-21/h1-2H,19H2,(H,22,23). The Balaban J connectivity index is 2.74. The number of hydrogen-bond acceptors (Lipinski definition) is 4. The molecule has 1 aromatic heterocycles. The number of alkyl halides is 3. The first-order valence-corrected chi connectivity index (χ1v) is 6.42. The summed E-state index contributed by atoms with van der Waals surface area (Å²) in [5.74, 6) is -2.01. The minimum Gasteiger partial charge on any atom is -0.477 e.